The van der Waals surface area contributed by atoms with E-state index in [1.54, 1.807) is 42.9 Å². The lowest BCUT2D eigenvalue weighted by Gasteiger charge is -2.22. The molecule has 0 atom stereocenters. The van der Waals surface area contributed by atoms with Crippen LogP contribution in [0.4, 0.5) is 23.3 Å². The predicted molar refractivity (Wildman–Crippen MR) is 143 cm³/mol. The van der Waals surface area contributed by atoms with Gasteiger partial charge in [-0.2, -0.15) is 4.98 Å². The Morgan fingerprint density at radius 1 is 0.947 bits per heavy atom. The van der Waals surface area contributed by atoms with E-state index >= 15 is 0 Å². The zero-order valence-corrected chi connectivity index (χ0v) is 21.1. The van der Waals surface area contributed by atoms with Gasteiger partial charge in [0.25, 0.3) is 0 Å². The summed E-state index contributed by atoms with van der Waals surface area (Å²) in [7, 11) is 0. The summed E-state index contributed by atoms with van der Waals surface area (Å²) in [5.74, 6) is 2.19. The maximum absolute atomic E-state index is 12.3. The fourth-order valence-electron chi connectivity index (χ4n) is 4.12. The minimum absolute atomic E-state index is 0.264. The zero-order valence-electron chi connectivity index (χ0n) is 21.1. The van der Waals surface area contributed by atoms with Gasteiger partial charge in [0.2, 0.25) is 5.95 Å². The Kier molecular flexibility index (Phi) is 8.04. The van der Waals surface area contributed by atoms with Crippen LogP contribution in [0.2, 0.25) is 0 Å². The Morgan fingerprint density at radius 3 is 2.55 bits per heavy atom. The monoisotopic (exact) mass is 511 g/mol. The lowest BCUT2D eigenvalue weighted by molar-refractivity contribution is 0.0469. The van der Waals surface area contributed by atoms with Crippen molar-refractivity contribution in [2.75, 3.05) is 30.3 Å². The first-order chi connectivity index (χ1) is 18.6. The molecule has 1 aliphatic rings. The molecule has 11 nitrogen and oxygen atoms in total. The van der Waals surface area contributed by atoms with Gasteiger partial charge >= 0.3 is 5.97 Å². The van der Waals surface area contributed by atoms with Crippen LogP contribution in [-0.4, -0.2) is 55.6 Å². The van der Waals surface area contributed by atoms with Crippen molar-refractivity contribution in [1.82, 2.24) is 35.2 Å². The number of carbonyl (C=O) groups is 1. The van der Waals surface area contributed by atoms with Crippen LogP contribution in [0.25, 0.3) is 11.5 Å². The van der Waals surface area contributed by atoms with Gasteiger partial charge in [-0.25, -0.2) is 29.7 Å². The number of aromatic nitrogens is 6. The third-order valence-electron chi connectivity index (χ3n) is 6.13. The smallest absolute Gasteiger partial charge is 0.356 e. The lowest BCUT2D eigenvalue weighted by atomic mass is 9.95. The molecule has 3 N–H and O–H groups in total. The number of hydrogen-bond acceptors (Lipinski definition) is 11. The molecule has 5 heterocycles. The number of nitrogens with zero attached hydrogens (tertiary/aromatic N) is 6. The molecule has 1 saturated heterocycles. The maximum Gasteiger partial charge on any atom is 0.356 e. The van der Waals surface area contributed by atoms with Gasteiger partial charge in [0.15, 0.2) is 5.82 Å². The van der Waals surface area contributed by atoms with Gasteiger partial charge in [0, 0.05) is 18.1 Å². The summed E-state index contributed by atoms with van der Waals surface area (Å²) in [4.78, 5) is 38.7. The molecule has 1 aliphatic heterocycles. The second-order valence-electron chi connectivity index (χ2n) is 9.00. The molecule has 1 fully saturated rings. The molecule has 0 saturated carbocycles. The van der Waals surface area contributed by atoms with Crippen LogP contribution in [0.15, 0.2) is 61.1 Å². The summed E-state index contributed by atoms with van der Waals surface area (Å²) in [6.07, 6.45) is 7.98. The van der Waals surface area contributed by atoms with E-state index in [-0.39, 0.29) is 5.69 Å². The first-order valence-corrected chi connectivity index (χ1v) is 12.6. The van der Waals surface area contributed by atoms with Crippen LogP contribution >= 0.6 is 0 Å². The zero-order chi connectivity index (χ0) is 26.2. The average molecular weight is 512 g/mol. The van der Waals surface area contributed by atoms with E-state index in [9.17, 15) is 4.79 Å². The summed E-state index contributed by atoms with van der Waals surface area (Å²) in [5, 5.41) is 9.61. The summed E-state index contributed by atoms with van der Waals surface area (Å²) in [5.41, 5.74) is 2.49. The van der Waals surface area contributed by atoms with E-state index in [0.29, 0.717) is 47.3 Å². The SMILES string of the molecule is Cc1cccc(-c2nccc(Nc3ccnc(Nc4ccc(C(=O)OCCC5CCNCC5)nc4)n3)n2)n1. The Morgan fingerprint density at radius 2 is 1.76 bits per heavy atom. The van der Waals surface area contributed by atoms with Gasteiger partial charge in [0.05, 0.1) is 18.5 Å². The van der Waals surface area contributed by atoms with E-state index in [2.05, 4.69) is 45.9 Å². The van der Waals surface area contributed by atoms with Crippen LogP contribution in [0.5, 0.6) is 0 Å². The molecule has 0 amide bonds. The van der Waals surface area contributed by atoms with Crippen molar-refractivity contribution in [3.05, 3.63) is 72.4 Å². The van der Waals surface area contributed by atoms with E-state index in [4.69, 9.17) is 4.74 Å². The van der Waals surface area contributed by atoms with Gasteiger partial charge in [0.1, 0.15) is 23.0 Å². The summed E-state index contributed by atoms with van der Waals surface area (Å²) in [6.45, 7) is 4.40. The average Bonchev–Trinajstić information content (AvgIpc) is 2.94. The molecule has 0 aromatic carbocycles. The standard InChI is InChI=1S/C27H29N9O2/c1-18-3-2-4-21(32-18)25-29-14-9-23(35-25)34-24-10-15-30-27(36-24)33-20-5-6-22(31-17-20)26(37)38-16-11-19-7-12-28-13-8-19/h2-6,9-10,14-15,17,19,28H,7-8,11-13,16H2,1H3,(H2,29,30,33,34,35,36). The summed E-state index contributed by atoms with van der Waals surface area (Å²) >= 11 is 0. The van der Waals surface area contributed by atoms with E-state index in [1.165, 1.54) is 0 Å². The lowest BCUT2D eigenvalue weighted by Crippen LogP contribution is -2.28. The molecule has 4 aromatic heterocycles. The quantitative estimate of drug-likeness (QED) is 0.280. The maximum atomic E-state index is 12.3. The highest BCUT2D eigenvalue weighted by Gasteiger charge is 2.15. The molecule has 4 aromatic rings. The highest BCUT2D eigenvalue weighted by molar-refractivity contribution is 5.87. The third kappa shape index (κ3) is 6.83. The largest absolute Gasteiger partial charge is 0.461 e. The first-order valence-electron chi connectivity index (χ1n) is 12.6. The molecular weight excluding hydrogens is 482 g/mol. The second-order valence-corrected chi connectivity index (χ2v) is 9.00. The molecule has 0 spiro atoms. The van der Waals surface area contributed by atoms with Crippen molar-refractivity contribution >= 4 is 29.2 Å². The van der Waals surface area contributed by atoms with Crippen LogP contribution in [0, 0.1) is 12.8 Å². The molecule has 38 heavy (non-hydrogen) atoms. The summed E-state index contributed by atoms with van der Waals surface area (Å²) < 4.78 is 5.41. The predicted octanol–water partition coefficient (Wildman–Crippen LogP) is 4.07. The Bertz CT molecular complexity index is 1380. The van der Waals surface area contributed by atoms with Crippen LogP contribution in [-0.2, 0) is 4.74 Å². The van der Waals surface area contributed by atoms with Crippen molar-refractivity contribution in [2.45, 2.75) is 26.2 Å². The molecule has 0 radical (unpaired) electrons. The van der Waals surface area contributed by atoms with Crippen LogP contribution < -0.4 is 16.0 Å². The van der Waals surface area contributed by atoms with Crippen molar-refractivity contribution in [1.29, 1.82) is 0 Å². The number of ether oxygens (including phenoxy) is 1. The van der Waals surface area contributed by atoms with Gasteiger partial charge < -0.3 is 20.7 Å². The number of esters is 1. The number of piperidine rings is 1. The minimum atomic E-state index is -0.419. The number of pyridine rings is 2. The summed E-state index contributed by atoms with van der Waals surface area (Å²) in [6, 6.07) is 12.6. The number of hydrogen-bond donors (Lipinski definition) is 3. The molecule has 0 bridgehead atoms. The molecular formula is C27H29N9O2. The fraction of sp³-hybridized carbons (Fsp3) is 0.296. The van der Waals surface area contributed by atoms with Crippen LogP contribution in [0.3, 0.4) is 0 Å². The molecule has 5 rings (SSSR count). The van der Waals surface area contributed by atoms with Gasteiger partial charge in [-0.3, -0.25) is 0 Å². The number of carbonyl (C=O) groups excluding carboxylic acids is 1. The highest BCUT2D eigenvalue weighted by atomic mass is 16.5. The van der Waals surface area contributed by atoms with Crippen molar-refractivity contribution < 1.29 is 9.53 Å². The number of anilines is 4. The van der Waals surface area contributed by atoms with Crippen LogP contribution in [0.1, 0.15) is 35.4 Å². The number of nitrogens with one attached hydrogen (secondary N) is 3. The molecule has 11 heteroatoms. The Balaban J connectivity index is 1.17. The Labute approximate surface area is 220 Å². The van der Waals surface area contributed by atoms with Gasteiger partial charge in [-0.1, -0.05) is 6.07 Å². The van der Waals surface area contributed by atoms with Crippen molar-refractivity contribution in [2.24, 2.45) is 5.92 Å². The van der Waals surface area contributed by atoms with E-state index in [0.717, 1.165) is 38.0 Å². The van der Waals surface area contributed by atoms with Crippen molar-refractivity contribution in [3.63, 3.8) is 0 Å². The number of aryl methyl sites for hydroxylation is 1. The van der Waals surface area contributed by atoms with E-state index in [1.807, 2.05) is 25.1 Å². The normalized spacial score (nSPS) is 13.6. The number of rotatable bonds is 9. The van der Waals surface area contributed by atoms with Crippen molar-refractivity contribution in [3.8, 4) is 11.5 Å². The Hall–Kier alpha value is -4.51. The fourth-order valence-corrected chi connectivity index (χ4v) is 4.12. The topological polar surface area (TPSA) is 140 Å². The highest BCUT2D eigenvalue weighted by Crippen LogP contribution is 2.19. The second kappa shape index (κ2) is 12.2. The van der Waals surface area contributed by atoms with E-state index < -0.39 is 5.97 Å². The molecule has 0 aliphatic carbocycles. The van der Waals surface area contributed by atoms with Gasteiger partial charge in [-0.15, -0.1) is 0 Å². The molecule has 194 valence electrons. The first kappa shape index (κ1) is 25.2. The molecule has 0 unspecified atom stereocenters. The van der Waals surface area contributed by atoms with Gasteiger partial charge in [-0.05, 0) is 81.6 Å². The third-order valence-corrected chi connectivity index (χ3v) is 6.13. The minimum Gasteiger partial charge on any atom is -0.461 e.